The van der Waals surface area contributed by atoms with Crippen molar-refractivity contribution in [2.45, 2.75) is 23.8 Å². The molecule has 7 nitrogen and oxygen atoms in total. The number of halogens is 1. The van der Waals surface area contributed by atoms with Gasteiger partial charge in [0.25, 0.3) is 10.0 Å². The van der Waals surface area contributed by atoms with E-state index in [1.807, 2.05) is 6.07 Å². The quantitative estimate of drug-likeness (QED) is 0.650. The van der Waals surface area contributed by atoms with Crippen LogP contribution in [-0.4, -0.2) is 29.1 Å². The third kappa shape index (κ3) is 2.77. The summed E-state index contributed by atoms with van der Waals surface area (Å²) >= 11 is 3.37. The van der Waals surface area contributed by atoms with E-state index in [0.717, 1.165) is 17.3 Å². The molecule has 3 heterocycles. The molecule has 0 spiro atoms. The molecule has 0 atom stereocenters. The van der Waals surface area contributed by atoms with Crippen LogP contribution in [0.1, 0.15) is 18.4 Å². The van der Waals surface area contributed by atoms with E-state index >= 15 is 0 Å². The minimum absolute atomic E-state index is 0.102. The zero-order chi connectivity index (χ0) is 17.6. The van der Waals surface area contributed by atoms with Crippen molar-refractivity contribution in [1.29, 1.82) is 5.26 Å². The van der Waals surface area contributed by atoms with Gasteiger partial charge >= 0.3 is 0 Å². The van der Waals surface area contributed by atoms with Crippen molar-refractivity contribution in [2.75, 3.05) is 4.31 Å². The average Bonchev–Trinajstić information content (AvgIpc) is 3.38. The van der Waals surface area contributed by atoms with Crippen LogP contribution in [0.3, 0.4) is 0 Å². The van der Waals surface area contributed by atoms with Crippen molar-refractivity contribution >= 4 is 37.3 Å². The van der Waals surface area contributed by atoms with E-state index in [2.05, 4.69) is 26.0 Å². The number of rotatable bonds is 4. The summed E-state index contributed by atoms with van der Waals surface area (Å²) in [5.74, 6) is 0.328. The molecule has 1 saturated carbocycles. The number of anilines is 1. The van der Waals surface area contributed by atoms with Crippen LogP contribution in [0.25, 0.3) is 5.52 Å². The number of pyridine rings is 2. The Labute approximate surface area is 152 Å². The maximum absolute atomic E-state index is 13.2. The molecule has 25 heavy (non-hydrogen) atoms. The predicted molar refractivity (Wildman–Crippen MR) is 94.5 cm³/mol. The first kappa shape index (κ1) is 16.1. The van der Waals surface area contributed by atoms with Crippen LogP contribution in [0.5, 0.6) is 0 Å². The molecule has 126 valence electrons. The van der Waals surface area contributed by atoms with Gasteiger partial charge < -0.3 is 0 Å². The van der Waals surface area contributed by atoms with Gasteiger partial charge in [0.2, 0.25) is 0 Å². The van der Waals surface area contributed by atoms with Crippen molar-refractivity contribution in [3.05, 3.63) is 52.9 Å². The van der Waals surface area contributed by atoms with Gasteiger partial charge in [-0.3, -0.25) is 0 Å². The summed E-state index contributed by atoms with van der Waals surface area (Å²) in [5, 5.41) is 13.0. The maximum atomic E-state index is 13.2. The number of fused-ring (bicyclic) bond motifs is 1. The third-order valence-corrected chi connectivity index (χ3v) is 6.45. The molecule has 0 aromatic carbocycles. The largest absolute Gasteiger partial charge is 0.265 e. The molecule has 1 aliphatic rings. The number of nitrogens with zero attached hydrogens (tertiary/aromatic N) is 5. The highest BCUT2D eigenvalue weighted by Gasteiger charge is 2.39. The van der Waals surface area contributed by atoms with Gasteiger partial charge in [0.05, 0.1) is 26.6 Å². The molecule has 1 aliphatic carbocycles. The van der Waals surface area contributed by atoms with Crippen molar-refractivity contribution in [2.24, 2.45) is 0 Å². The molecule has 0 aliphatic heterocycles. The third-order valence-electron chi connectivity index (χ3n) is 3.98. The number of nitriles is 1. The van der Waals surface area contributed by atoms with Gasteiger partial charge in [0.15, 0.2) is 0 Å². The van der Waals surface area contributed by atoms with Crippen LogP contribution in [0, 0.1) is 11.3 Å². The lowest BCUT2D eigenvalue weighted by atomic mass is 10.3. The molecule has 0 radical (unpaired) electrons. The number of hydrogen-bond acceptors (Lipinski definition) is 5. The minimum Gasteiger partial charge on any atom is -0.247 e. The van der Waals surface area contributed by atoms with E-state index in [9.17, 15) is 8.42 Å². The Kier molecular flexibility index (Phi) is 3.74. The zero-order valence-electron chi connectivity index (χ0n) is 12.9. The van der Waals surface area contributed by atoms with Crippen molar-refractivity contribution in [3.63, 3.8) is 0 Å². The van der Waals surface area contributed by atoms with Gasteiger partial charge in [-0.15, -0.1) is 0 Å². The highest BCUT2D eigenvalue weighted by atomic mass is 79.9. The number of hydrogen-bond donors (Lipinski definition) is 0. The second-order valence-electron chi connectivity index (χ2n) is 5.73. The second kappa shape index (κ2) is 5.82. The molecule has 1 fully saturated rings. The molecule has 9 heteroatoms. The molecular formula is C16H12BrN5O2S. The monoisotopic (exact) mass is 417 g/mol. The highest BCUT2D eigenvalue weighted by Crippen LogP contribution is 2.36. The van der Waals surface area contributed by atoms with Crippen LogP contribution in [0.15, 0.2) is 52.2 Å². The van der Waals surface area contributed by atoms with Gasteiger partial charge in [-0.1, -0.05) is 0 Å². The Bertz CT molecular complexity index is 1100. The minimum atomic E-state index is -3.77. The zero-order valence-corrected chi connectivity index (χ0v) is 15.3. The molecule has 0 bridgehead atoms. The second-order valence-corrected chi connectivity index (χ2v) is 8.40. The smallest absolute Gasteiger partial charge is 0.247 e. The van der Waals surface area contributed by atoms with Crippen LogP contribution in [-0.2, 0) is 10.0 Å². The fourth-order valence-electron chi connectivity index (χ4n) is 2.60. The Morgan fingerprint density at radius 3 is 2.72 bits per heavy atom. The summed E-state index contributed by atoms with van der Waals surface area (Å²) in [6, 6.07) is 8.15. The number of sulfonamides is 1. The van der Waals surface area contributed by atoms with E-state index in [1.54, 1.807) is 35.1 Å². The average molecular weight is 418 g/mol. The topological polar surface area (TPSA) is 91.4 Å². The first-order chi connectivity index (χ1) is 12.0. The summed E-state index contributed by atoms with van der Waals surface area (Å²) < 4.78 is 30.1. The molecule has 0 amide bonds. The number of aromatic nitrogens is 3. The summed E-state index contributed by atoms with van der Waals surface area (Å²) in [6.45, 7) is 0. The lowest BCUT2D eigenvalue weighted by molar-refractivity contribution is 0.589. The molecular weight excluding hydrogens is 406 g/mol. The van der Waals surface area contributed by atoms with Gasteiger partial charge in [-0.2, -0.15) is 10.4 Å². The van der Waals surface area contributed by atoms with Crippen LogP contribution >= 0.6 is 15.9 Å². The lowest BCUT2D eigenvalue weighted by Gasteiger charge is -2.23. The Morgan fingerprint density at radius 1 is 1.28 bits per heavy atom. The van der Waals surface area contributed by atoms with Gasteiger partial charge in [0, 0.05) is 18.4 Å². The molecule has 3 aromatic heterocycles. The van der Waals surface area contributed by atoms with E-state index in [1.165, 1.54) is 16.6 Å². The molecule has 4 rings (SSSR count). The predicted octanol–water partition coefficient (Wildman–Crippen LogP) is 2.72. The molecule has 0 saturated heterocycles. The summed E-state index contributed by atoms with van der Waals surface area (Å²) in [4.78, 5) is 4.35. The van der Waals surface area contributed by atoms with Crippen LogP contribution in [0.2, 0.25) is 0 Å². The molecule has 0 unspecified atom stereocenters. The van der Waals surface area contributed by atoms with Crippen molar-refractivity contribution in [3.8, 4) is 6.07 Å². The maximum Gasteiger partial charge on any atom is 0.265 e. The standard InChI is InChI=1S/C16H12BrN5O2S/c17-14-10-20-21-6-5-13(7-15(14)21)25(23,24)22(12-2-3-12)16-4-1-11(8-18)9-19-16/h1,4-7,9-10,12H,2-3H2. The van der Waals surface area contributed by atoms with E-state index in [4.69, 9.17) is 5.26 Å². The first-order valence-corrected chi connectivity index (χ1v) is 9.77. The molecule has 3 aromatic rings. The Hall–Kier alpha value is -2.44. The van der Waals surface area contributed by atoms with Gasteiger partial charge in [0.1, 0.15) is 11.9 Å². The fraction of sp³-hybridized carbons (Fsp3) is 0.188. The van der Waals surface area contributed by atoms with Crippen molar-refractivity contribution in [1.82, 2.24) is 14.6 Å². The van der Waals surface area contributed by atoms with Crippen LogP contribution < -0.4 is 4.31 Å². The summed E-state index contributed by atoms with van der Waals surface area (Å²) in [7, 11) is -3.77. The Balaban J connectivity index is 1.81. The van der Waals surface area contributed by atoms with Crippen molar-refractivity contribution < 1.29 is 8.42 Å². The van der Waals surface area contributed by atoms with Crippen LogP contribution in [0.4, 0.5) is 5.82 Å². The summed E-state index contributed by atoms with van der Waals surface area (Å²) in [5.41, 5.74) is 1.06. The fourth-order valence-corrected chi connectivity index (χ4v) is 4.67. The SMILES string of the molecule is N#Cc1ccc(N(C2CC2)S(=O)(=O)c2ccn3ncc(Br)c3c2)nc1. The molecule has 0 N–H and O–H groups in total. The highest BCUT2D eigenvalue weighted by molar-refractivity contribution is 9.10. The van der Waals surface area contributed by atoms with E-state index in [-0.39, 0.29) is 10.9 Å². The van der Waals surface area contributed by atoms with Gasteiger partial charge in [-0.05, 0) is 53.0 Å². The first-order valence-electron chi connectivity index (χ1n) is 7.54. The van der Waals surface area contributed by atoms with Gasteiger partial charge in [-0.25, -0.2) is 22.2 Å². The van der Waals surface area contributed by atoms with E-state index < -0.39 is 10.0 Å². The van der Waals surface area contributed by atoms with E-state index in [0.29, 0.717) is 16.9 Å². The summed E-state index contributed by atoms with van der Waals surface area (Å²) in [6.07, 6.45) is 6.20. The lowest BCUT2D eigenvalue weighted by Crippen LogP contribution is -2.33. The normalized spacial score (nSPS) is 14.4. The Morgan fingerprint density at radius 2 is 2.08 bits per heavy atom.